The van der Waals surface area contributed by atoms with Crippen LogP contribution in [-0.4, -0.2) is 226 Å². The molecule has 25 nitrogen and oxygen atoms in total. The minimum Gasteiger partial charge on any atom is -0.479 e. The van der Waals surface area contributed by atoms with Crippen molar-refractivity contribution in [3.63, 3.8) is 0 Å². The third-order valence-corrected chi connectivity index (χ3v) is 8.60. The predicted molar refractivity (Wildman–Crippen MR) is 160 cm³/mol. The lowest BCUT2D eigenvalue weighted by molar-refractivity contribution is -0.364. The molecule has 15 N–H and O–H groups in total. The van der Waals surface area contributed by atoms with E-state index in [1.165, 1.54) is 0 Å². The average molecular weight is 779 g/mol. The Morgan fingerprint density at radius 2 is 1.23 bits per heavy atom. The van der Waals surface area contributed by atoms with Gasteiger partial charge in [0.2, 0.25) is 11.8 Å². The highest BCUT2D eigenvalue weighted by Crippen LogP contribution is 2.33. The Morgan fingerprint density at radius 3 is 1.74 bits per heavy atom. The summed E-state index contributed by atoms with van der Waals surface area (Å²) < 4.78 is 32.7. The molecule has 2 amide bonds. The number of aliphatic hydroxyl groups excluding tert-OH is 11. The molecule has 3 rings (SSSR count). The number of carboxylic acids is 2. The minimum atomic E-state index is -2.35. The number of carbonyl (C=O) groups excluding carboxylic acids is 2. The number of carboxylic acid groups (broad SMARTS) is 2. The van der Waals surface area contributed by atoms with Crippen LogP contribution in [0.2, 0.25) is 0 Å². The largest absolute Gasteiger partial charge is 0.479 e. The number of aliphatic carboxylic acids is 2. The number of hydrogen-bond donors (Lipinski definition) is 15. The molecule has 19 atom stereocenters. The van der Waals surface area contributed by atoms with Crippen LogP contribution in [-0.2, 0) is 47.6 Å². The molecule has 0 spiro atoms. The second kappa shape index (κ2) is 19.2. The van der Waals surface area contributed by atoms with E-state index in [-0.39, 0.29) is 0 Å². The molecule has 306 valence electrons. The third kappa shape index (κ3) is 10.3. The summed E-state index contributed by atoms with van der Waals surface area (Å²) in [6, 6.07) is -3.38. The third-order valence-electron chi connectivity index (χ3n) is 8.60. The van der Waals surface area contributed by atoms with Crippen LogP contribution < -0.4 is 10.6 Å². The Bertz CT molecular complexity index is 1250. The maximum Gasteiger partial charge on any atom is 0.335 e. The molecule has 0 unspecified atom stereocenters. The van der Waals surface area contributed by atoms with Gasteiger partial charge in [-0.25, -0.2) is 9.59 Å². The zero-order chi connectivity index (χ0) is 40.1. The van der Waals surface area contributed by atoms with Crippen LogP contribution in [0.5, 0.6) is 0 Å². The SMILES string of the molecule is CC(=O)N[C@H]1[C@H](O[C@H]2[C@H](O)[C@@H](O)[C@H](O[C@@H]([C@@H](O)[C@H](O)CO)[C@H](CO)NC(C)=O)O[C@@H]2C(=O)O)O[C@H](CO)[C@H](O)[C@@H]1O[C@@H]1O[C@H](C(=O)O)[C@@H](O)[C@H](O)[C@H]1O. The van der Waals surface area contributed by atoms with Gasteiger partial charge in [-0.3, -0.25) is 9.59 Å². The molecular formula is C28H46N2O23. The number of nitrogens with one attached hydrogen (secondary N) is 2. The molecule has 3 aliphatic heterocycles. The molecule has 3 saturated heterocycles. The molecule has 25 heteroatoms. The molecule has 0 radical (unpaired) electrons. The number of aliphatic hydroxyl groups is 11. The van der Waals surface area contributed by atoms with Crippen molar-refractivity contribution in [1.82, 2.24) is 10.6 Å². The lowest BCUT2D eigenvalue weighted by atomic mass is 9.94. The van der Waals surface area contributed by atoms with Gasteiger partial charge < -0.3 is 105 Å². The monoisotopic (exact) mass is 778 g/mol. The number of carbonyl (C=O) groups is 4. The highest BCUT2D eigenvalue weighted by Gasteiger charge is 2.56. The number of ether oxygens (including phenoxy) is 6. The summed E-state index contributed by atoms with van der Waals surface area (Å²) in [5.41, 5.74) is 0. The molecule has 3 fully saturated rings. The Hall–Kier alpha value is -2.80. The highest BCUT2D eigenvalue weighted by molar-refractivity contribution is 5.74. The van der Waals surface area contributed by atoms with E-state index in [0.717, 1.165) is 13.8 Å². The van der Waals surface area contributed by atoms with E-state index in [2.05, 4.69) is 10.6 Å². The fourth-order valence-electron chi connectivity index (χ4n) is 5.90. The minimum absolute atomic E-state index is 0.778. The Balaban J connectivity index is 1.96. The summed E-state index contributed by atoms with van der Waals surface area (Å²) in [6.07, 6.45) is -35.9. The lowest BCUT2D eigenvalue weighted by Gasteiger charge is -2.49. The molecule has 3 aliphatic rings. The van der Waals surface area contributed by atoms with Crippen molar-refractivity contribution in [1.29, 1.82) is 0 Å². The first-order chi connectivity index (χ1) is 24.8. The highest BCUT2D eigenvalue weighted by atomic mass is 16.8. The molecule has 53 heavy (non-hydrogen) atoms. The van der Waals surface area contributed by atoms with Crippen LogP contribution in [0.3, 0.4) is 0 Å². The standard InChI is InChI=1S/C28H46N2O23/c1-6(34)29-8(3-31)19(12(37)9(36)4-32)49-28-18(43)16(41)21(23(53-28)25(46)47)51-26-11(30-7(2)35)20(13(38)10(5-33)48-26)50-27-17(42)14(39)15(40)22(52-27)24(44)45/h8-23,26-28,31-33,36-43H,3-5H2,1-2H3,(H,29,34)(H,30,35)(H,44,45)(H,46,47)/t8-,9+,10+,11+,12-,13-,14-,15-,16+,17+,18+,19+,20+,21-,22-,23-,26-,27+,28+/m0/s1. The number of rotatable bonds is 16. The van der Waals surface area contributed by atoms with Crippen LogP contribution in [0.1, 0.15) is 13.8 Å². The maximum atomic E-state index is 12.4. The van der Waals surface area contributed by atoms with Gasteiger partial charge in [0.1, 0.15) is 79.3 Å². The molecular weight excluding hydrogens is 732 g/mol. The van der Waals surface area contributed by atoms with E-state index in [9.17, 15) is 85.6 Å². The molecule has 0 saturated carbocycles. The Kier molecular flexibility index (Phi) is 16.1. The summed E-state index contributed by atoms with van der Waals surface area (Å²) in [4.78, 5) is 48.0. The Morgan fingerprint density at radius 1 is 0.660 bits per heavy atom. The summed E-state index contributed by atoms with van der Waals surface area (Å²) in [5.74, 6) is -5.36. The van der Waals surface area contributed by atoms with E-state index >= 15 is 0 Å². The lowest BCUT2D eigenvalue weighted by Crippen LogP contribution is -2.70. The average Bonchev–Trinajstić information content (AvgIpc) is 3.09. The van der Waals surface area contributed by atoms with Crippen molar-refractivity contribution < 1.29 is 114 Å². The Labute approximate surface area is 298 Å². The van der Waals surface area contributed by atoms with Crippen LogP contribution in [0, 0.1) is 0 Å². The number of hydrogen-bond acceptors (Lipinski definition) is 21. The van der Waals surface area contributed by atoms with Crippen LogP contribution >= 0.6 is 0 Å². The maximum absolute atomic E-state index is 12.4. The molecule has 0 aromatic heterocycles. The van der Waals surface area contributed by atoms with E-state index < -0.39 is 160 Å². The molecule has 0 bridgehead atoms. The summed E-state index contributed by atoms with van der Waals surface area (Å²) in [6.45, 7) is -1.11. The van der Waals surface area contributed by atoms with Crippen LogP contribution in [0.25, 0.3) is 0 Å². The van der Waals surface area contributed by atoms with Crippen molar-refractivity contribution in [2.45, 2.75) is 130 Å². The van der Waals surface area contributed by atoms with Gasteiger partial charge in [0, 0.05) is 13.8 Å². The van der Waals surface area contributed by atoms with Crippen molar-refractivity contribution in [2.24, 2.45) is 0 Å². The van der Waals surface area contributed by atoms with Gasteiger partial charge >= 0.3 is 11.9 Å². The topological polar surface area (TPSA) is 411 Å². The van der Waals surface area contributed by atoms with E-state index in [1.54, 1.807) is 0 Å². The second-order valence-electron chi connectivity index (χ2n) is 12.5. The van der Waals surface area contributed by atoms with Gasteiger partial charge in [0.15, 0.2) is 31.1 Å². The summed E-state index contributed by atoms with van der Waals surface area (Å²) >= 11 is 0. The predicted octanol–water partition coefficient (Wildman–Crippen LogP) is -9.64. The van der Waals surface area contributed by atoms with Gasteiger partial charge in [-0.1, -0.05) is 0 Å². The molecule has 0 aromatic carbocycles. The van der Waals surface area contributed by atoms with Gasteiger partial charge in [0.25, 0.3) is 0 Å². The summed E-state index contributed by atoms with van der Waals surface area (Å²) in [7, 11) is 0. The number of amides is 2. The van der Waals surface area contributed by atoms with Gasteiger partial charge in [-0.05, 0) is 0 Å². The molecule has 3 heterocycles. The molecule has 0 aromatic rings. The summed E-state index contributed by atoms with van der Waals surface area (Å²) in [5, 5.41) is 138. The quantitative estimate of drug-likeness (QED) is 0.0691. The zero-order valence-electron chi connectivity index (χ0n) is 28.0. The van der Waals surface area contributed by atoms with Crippen molar-refractivity contribution >= 4 is 23.8 Å². The normalized spacial score (nSPS) is 40.0. The van der Waals surface area contributed by atoms with Crippen molar-refractivity contribution in [2.75, 3.05) is 19.8 Å². The molecule has 0 aliphatic carbocycles. The van der Waals surface area contributed by atoms with Crippen molar-refractivity contribution in [3.05, 3.63) is 0 Å². The van der Waals surface area contributed by atoms with Gasteiger partial charge in [0.05, 0.1) is 25.9 Å². The van der Waals surface area contributed by atoms with E-state index in [4.69, 9.17) is 28.4 Å². The zero-order valence-corrected chi connectivity index (χ0v) is 28.0. The fraction of sp³-hybridized carbons (Fsp3) is 0.857. The van der Waals surface area contributed by atoms with Crippen molar-refractivity contribution in [3.8, 4) is 0 Å². The van der Waals surface area contributed by atoms with Crippen LogP contribution in [0.15, 0.2) is 0 Å². The first-order valence-corrected chi connectivity index (χ1v) is 16.0. The first-order valence-electron chi connectivity index (χ1n) is 16.0. The van der Waals surface area contributed by atoms with E-state index in [1.807, 2.05) is 0 Å². The van der Waals surface area contributed by atoms with Gasteiger partial charge in [-0.2, -0.15) is 0 Å². The fourth-order valence-corrected chi connectivity index (χ4v) is 5.90. The second-order valence-corrected chi connectivity index (χ2v) is 12.5. The van der Waals surface area contributed by atoms with Gasteiger partial charge in [-0.15, -0.1) is 0 Å². The van der Waals surface area contributed by atoms with Crippen LogP contribution in [0.4, 0.5) is 0 Å². The first kappa shape index (κ1) is 44.6. The smallest absolute Gasteiger partial charge is 0.335 e. The van der Waals surface area contributed by atoms with E-state index in [0.29, 0.717) is 0 Å².